The molecule has 0 saturated heterocycles. The highest BCUT2D eigenvalue weighted by Crippen LogP contribution is 2.24. The number of allylic oxidation sites excluding steroid dienone is 6. The molecule has 0 saturated carbocycles. The highest BCUT2D eigenvalue weighted by Gasteiger charge is 2.14. The van der Waals surface area contributed by atoms with E-state index in [4.69, 9.17) is 5.11 Å². The summed E-state index contributed by atoms with van der Waals surface area (Å²) in [4.78, 5) is 26.7. The fraction of sp³-hybridized carbons (Fsp3) is 0.435. The average molecular weight is 435 g/mol. The van der Waals surface area contributed by atoms with E-state index in [1.165, 1.54) is 7.11 Å². The van der Waals surface area contributed by atoms with Gasteiger partial charge in [-0.3, -0.25) is 4.79 Å². The Kier molecular flexibility index (Phi) is 14.0. The number of carboxylic acids is 1. The lowest BCUT2D eigenvalue weighted by Crippen LogP contribution is -2.25. The van der Waals surface area contributed by atoms with Crippen LogP contribution in [-0.4, -0.2) is 36.9 Å². The Morgan fingerprint density at radius 1 is 1.30 bits per heavy atom. The van der Waals surface area contributed by atoms with Gasteiger partial charge in [0.05, 0.1) is 18.4 Å². The van der Waals surface area contributed by atoms with Gasteiger partial charge < -0.3 is 15.2 Å². The average Bonchev–Trinajstić information content (AvgIpc) is 2.73. The number of nitrogens with one attached hydrogen (secondary N) is 1. The van der Waals surface area contributed by atoms with Gasteiger partial charge in [0, 0.05) is 12.0 Å². The molecule has 2 unspecified atom stereocenters. The molecule has 0 aliphatic carbocycles. The molecular formula is C23H34N2O4S. The SMILES string of the molecule is C=N/C(NC(C)/C=C\C(=C/C)CC(=O)O)=C(/CC)C(/C=C/C=C(\S)C(=O)OC)CC. The predicted octanol–water partition coefficient (Wildman–Crippen LogP) is 4.83. The van der Waals surface area contributed by atoms with Crippen molar-refractivity contribution in [3.05, 3.63) is 58.3 Å². The number of carboxylic acid groups (broad SMARTS) is 1. The van der Waals surface area contributed by atoms with Crippen LogP contribution in [-0.2, 0) is 14.3 Å². The van der Waals surface area contributed by atoms with E-state index in [-0.39, 0.29) is 23.3 Å². The zero-order valence-electron chi connectivity index (χ0n) is 18.5. The van der Waals surface area contributed by atoms with Crippen LogP contribution in [0, 0.1) is 5.92 Å². The first-order chi connectivity index (χ1) is 14.2. The van der Waals surface area contributed by atoms with E-state index in [2.05, 4.69) is 48.2 Å². The van der Waals surface area contributed by atoms with Crippen LogP contribution < -0.4 is 5.32 Å². The van der Waals surface area contributed by atoms with Gasteiger partial charge in [0.15, 0.2) is 0 Å². The van der Waals surface area contributed by atoms with Gasteiger partial charge in [0.2, 0.25) is 0 Å². The van der Waals surface area contributed by atoms with Gasteiger partial charge in [-0.15, -0.1) is 12.6 Å². The number of aliphatic carboxylic acids is 1. The molecule has 0 amide bonds. The summed E-state index contributed by atoms with van der Waals surface area (Å²) in [5.41, 5.74) is 1.83. The number of carbonyl (C=O) groups is 2. The number of methoxy groups -OCH3 is 1. The number of ether oxygens (including phenoxy) is 1. The number of aliphatic imine (C=N–C) groups is 1. The first-order valence-corrected chi connectivity index (χ1v) is 10.4. The Balaban J connectivity index is 5.52. The predicted molar refractivity (Wildman–Crippen MR) is 127 cm³/mol. The Hall–Kier alpha value is -2.54. The van der Waals surface area contributed by atoms with Crippen molar-refractivity contribution in [3.8, 4) is 0 Å². The molecule has 0 aromatic rings. The van der Waals surface area contributed by atoms with Gasteiger partial charge in [0.1, 0.15) is 5.82 Å². The van der Waals surface area contributed by atoms with Crippen molar-refractivity contribution >= 4 is 31.3 Å². The Morgan fingerprint density at radius 3 is 2.43 bits per heavy atom. The van der Waals surface area contributed by atoms with Crippen molar-refractivity contribution in [3.63, 3.8) is 0 Å². The zero-order valence-corrected chi connectivity index (χ0v) is 19.4. The third-order valence-electron chi connectivity index (χ3n) is 4.41. The summed E-state index contributed by atoms with van der Waals surface area (Å²) < 4.78 is 4.63. The van der Waals surface area contributed by atoms with Gasteiger partial charge in [-0.2, -0.15) is 0 Å². The standard InChI is InChI=1S/C23H34N2O4S/c1-7-17(15-21(26)27)14-13-16(4)25-22(24-5)19(9-3)18(8-2)11-10-12-20(30)23(28)29-6/h7,10-14,16,18,25,30H,5,8-9,15H2,1-4,6H3,(H,26,27)/b11-10+,14-13-,17-7+,20-12-,22-19+. The molecule has 6 nitrogen and oxygen atoms in total. The third kappa shape index (κ3) is 10.3. The zero-order chi connectivity index (χ0) is 23.1. The van der Waals surface area contributed by atoms with Gasteiger partial charge in [0.25, 0.3) is 0 Å². The molecule has 2 N–H and O–H groups in total. The summed E-state index contributed by atoms with van der Waals surface area (Å²) in [6, 6.07) is -0.0689. The molecule has 0 aromatic heterocycles. The Labute approximate surface area is 185 Å². The molecule has 0 rings (SSSR count). The maximum atomic E-state index is 11.4. The number of thiol groups is 1. The molecule has 0 spiro atoms. The lowest BCUT2D eigenvalue weighted by Gasteiger charge is -2.20. The van der Waals surface area contributed by atoms with E-state index >= 15 is 0 Å². The smallest absolute Gasteiger partial charge is 0.344 e. The highest BCUT2D eigenvalue weighted by molar-refractivity contribution is 7.85. The van der Waals surface area contributed by atoms with E-state index in [1.807, 2.05) is 26.0 Å². The van der Waals surface area contributed by atoms with Crippen molar-refractivity contribution in [2.45, 2.75) is 53.0 Å². The molecule has 166 valence electrons. The van der Waals surface area contributed by atoms with Crippen LogP contribution in [0.4, 0.5) is 0 Å². The monoisotopic (exact) mass is 434 g/mol. The van der Waals surface area contributed by atoms with Crippen molar-refractivity contribution in [1.29, 1.82) is 0 Å². The van der Waals surface area contributed by atoms with E-state index < -0.39 is 11.9 Å². The first-order valence-electron chi connectivity index (χ1n) is 9.91. The summed E-state index contributed by atoms with van der Waals surface area (Å²) in [6.07, 6.45) is 12.5. The summed E-state index contributed by atoms with van der Waals surface area (Å²) >= 11 is 4.12. The number of rotatable bonds is 13. The van der Waals surface area contributed by atoms with Crippen molar-refractivity contribution in [1.82, 2.24) is 5.32 Å². The number of hydrogen-bond donors (Lipinski definition) is 3. The van der Waals surface area contributed by atoms with Crippen LogP contribution in [0.15, 0.2) is 63.3 Å². The quantitative estimate of drug-likeness (QED) is 0.127. The Bertz CT molecular complexity index is 748. The lowest BCUT2D eigenvalue weighted by atomic mass is 9.93. The first kappa shape index (κ1) is 27.5. The molecule has 0 bridgehead atoms. The topological polar surface area (TPSA) is 88.0 Å². The minimum absolute atomic E-state index is 0.0166. The minimum Gasteiger partial charge on any atom is -0.481 e. The molecule has 0 heterocycles. The number of nitrogens with zero attached hydrogens (tertiary/aromatic N) is 1. The summed E-state index contributed by atoms with van der Waals surface area (Å²) in [6.45, 7) is 11.6. The van der Waals surface area contributed by atoms with Gasteiger partial charge in [-0.05, 0) is 50.6 Å². The normalized spacial score (nSPS) is 15.7. The van der Waals surface area contributed by atoms with E-state index in [1.54, 1.807) is 24.3 Å². The maximum absolute atomic E-state index is 11.4. The number of hydrogen-bond acceptors (Lipinski definition) is 6. The van der Waals surface area contributed by atoms with Gasteiger partial charge >= 0.3 is 11.9 Å². The molecule has 2 atom stereocenters. The number of carbonyl (C=O) groups excluding carboxylic acids is 1. The van der Waals surface area contributed by atoms with Crippen molar-refractivity contribution < 1.29 is 19.4 Å². The molecule has 0 aliphatic heterocycles. The van der Waals surface area contributed by atoms with Crippen molar-refractivity contribution in [2.24, 2.45) is 10.9 Å². The largest absolute Gasteiger partial charge is 0.481 e. The second-order valence-corrected chi connectivity index (χ2v) is 7.04. The van der Waals surface area contributed by atoms with E-state index in [0.717, 1.165) is 24.0 Å². The fourth-order valence-electron chi connectivity index (χ4n) is 2.76. The van der Waals surface area contributed by atoms with Gasteiger partial charge in [-0.1, -0.05) is 44.2 Å². The van der Waals surface area contributed by atoms with Crippen LogP contribution >= 0.6 is 12.6 Å². The van der Waals surface area contributed by atoms with Crippen LogP contribution in [0.25, 0.3) is 0 Å². The molecule has 0 aromatic carbocycles. The molecular weight excluding hydrogens is 400 g/mol. The lowest BCUT2D eigenvalue weighted by molar-refractivity contribution is -0.136. The Morgan fingerprint density at radius 2 is 1.97 bits per heavy atom. The van der Waals surface area contributed by atoms with Crippen molar-refractivity contribution in [2.75, 3.05) is 7.11 Å². The second kappa shape index (κ2) is 15.3. The molecule has 0 fully saturated rings. The van der Waals surface area contributed by atoms with E-state index in [9.17, 15) is 9.59 Å². The maximum Gasteiger partial charge on any atom is 0.344 e. The fourth-order valence-corrected chi connectivity index (χ4v) is 2.94. The molecule has 7 heteroatoms. The molecule has 30 heavy (non-hydrogen) atoms. The third-order valence-corrected chi connectivity index (χ3v) is 4.74. The molecule has 0 aliphatic rings. The molecule has 0 radical (unpaired) electrons. The van der Waals surface area contributed by atoms with Crippen LogP contribution in [0.2, 0.25) is 0 Å². The minimum atomic E-state index is -0.863. The van der Waals surface area contributed by atoms with Crippen LogP contribution in [0.3, 0.4) is 0 Å². The highest BCUT2D eigenvalue weighted by atomic mass is 32.1. The summed E-state index contributed by atoms with van der Waals surface area (Å²) in [5, 5.41) is 12.3. The van der Waals surface area contributed by atoms with Gasteiger partial charge in [-0.25, -0.2) is 9.79 Å². The summed E-state index contributed by atoms with van der Waals surface area (Å²) in [7, 11) is 1.31. The second-order valence-electron chi connectivity index (χ2n) is 6.55. The van der Waals surface area contributed by atoms with Crippen LogP contribution in [0.5, 0.6) is 0 Å². The number of esters is 1. The van der Waals surface area contributed by atoms with E-state index in [0.29, 0.717) is 5.82 Å². The summed E-state index contributed by atoms with van der Waals surface area (Å²) in [5.74, 6) is -0.540. The van der Waals surface area contributed by atoms with Crippen LogP contribution in [0.1, 0.15) is 47.0 Å².